The van der Waals surface area contributed by atoms with Crippen LogP contribution in [0.25, 0.3) is 10.9 Å². The van der Waals surface area contributed by atoms with Gasteiger partial charge < -0.3 is 5.11 Å². The second-order valence-electron chi connectivity index (χ2n) is 2.64. The normalized spacial score (nSPS) is 10.6. The van der Waals surface area contributed by atoms with Crippen molar-refractivity contribution in [3.8, 4) is 5.75 Å². The fourth-order valence-corrected chi connectivity index (χ4v) is 1.75. The first-order valence-corrected chi connectivity index (χ1v) is 5.20. The summed E-state index contributed by atoms with van der Waals surface area (Å²) in [6.45, 7) is 0. The van der Waals surface area contributed by atoms with E-state index in [9.17, 15) is 5.11 Å². The molecule has 0 aliphatic heterocycles. The summed E-state index contributed by atoms with van der Waals surface area (Å²) in [6.07, 6.45) is 0. The van der Waals surface area contributed by atoms with Gasteiger partial charge in [0.05, 0.1) is 9.99 Å². The summed E-state index contributed by atoms with van der Waals surface area (Å²) in [5.41, 5.74) is 0.773. The van der Waals surface area contributed by atoms with Gasteiger partial charge in [0.2, 0.25) is 0 Å². The summed E-state index contributed by atoms with van der Waals surface area (Å²) in [5.74, 6) is 0.231. The van der Waals surface area contributed by atoms with E-state index in [1.165, 1.54) is 0 Å². The fourth-order valence-electron chi connectivity index (χ4n) is 1.11. The number of hydrogen-bond donors (Lipinski definition) is 1. The summed E-state index contributed by atoms with van der Waals surface area (Å²) < 4.78 is 1.65. The van der Waals surface area contributed by atoms with E-state index in [4.69, 9.17) is 0 Å². The Morgan fingerprint density at radius 1 is 1.15 bits per heavy atom. The zero-order valence-electron chi connectivity index (χ0n) is 6.46. The van der Waals surface area contributed by atoms with Crippen LogP contribution in [-0.2, 0) is 0 Å². The van der Waals surface area contributed by atoms with Crippen LogP contribution in [0.5, 0.6) is 5.75 Å². The van der Waals surface area contributed by atoms with Crippen LogP contribution >= 0.6 is 31.9 Å². The van der Waals surface area contributed by atoms with Crippen molar-refractivity contribution >= 4 is 42.8 Å². The number of aromatic hydroxyl groups is 1. The highest BCUT2D eigenvalue weighted by Gasteiger charge is 2.01. The number of aromatic nitrogens is 1. The van der Waals surface area contributed by atoms with Crippen molar-refractivity contribution in [3.63, 3.8) is 0 Å². The van der Waals surface area contributed by atoms with Crippen LogP contribution in [0.4, 0.5) is 0 Å². The van der Waals surface area contributed by atoms with Gasteiger partial charge in [0.15, 0.2) is 0 Å². The highest BCUT2D eigenvalue weighted by molar-refractivity contribution is 9.13. The molecular formula is C9H5Br2NO. The summed E-state index contributed by atoms with van der Waals surface area (Å²) in [7, 11) is 0. The minimum Gasteiger partial charge on any atom is -0.508 e. The number of nitrogens with zero attached hydrogens (tertiary/aromatic N) is 1. The van der Waals surface area contributed by atoms with Crippen LogP contribution in [-0.4, -0.2) is 10.1 Å². The number of hydrogen-bond acceptors (Lipinski definition) is 2. The standard InChI is InChI=1S/C9H5Br2NO/c10-7-3-5-1-2-6(13)4-8(5)12-9(7)11/h1-4,13H. The van der Waals surface area contributed by atoms with E-state index in [0.29, 0.717) is 0 Å². The molecule has 1 aromatic carbocycles. The number of phenols is 1. The molecule has 0 saturated carbocycles. The fraction of sp³-hybridized carbons (Fsp3) is 0. The average Bonchev–Trinajstić information content (AvgIpc) is 2.08. The van der Waals surface area contributed by atoms with Crippen LogP contribution in [0, 0.1) is 0 Å². The lowest BCUT2D eigenvalue weighted by atomic mass is 10.2. The average molecular weight is 303 g/mol. The third kappa shape index (κ3) is 1.69. The Hall–Kier alpha value is -0.610. The first-order valence-electron chi connectivity index (χ1n) is 3.61. The molecule has 0 spiro atoms. The molecule has 2 nitrogen and oxygen atoms in total. The minimum absolute atomic E-state index is 0.231. The molecule has 1 aromatic heterocycles. The molecule has 0 saturated heterocycles. The molecule has 66 valence electrons. The maximum atomic E-state index is 9.22. The van der Waals surface area contributed by atoms with E-state index in [1.807, 2.05) is 12.1 Å². The number of phenolic OH excluding ortho intramolecular Hbond substituents is 1. The summed E-state index contributed by atoms with van der Waals surface area (Å²) in [5, 5.41) is 10.2. The number of rotatable bonds is 0. The van der Waals surface area contributed by atoms with Crippen molar-refractivity contribution in [2.75, 3.05) is 0 Å². The first kappa shape index (κ1) is 8.97. The Balaban J connectivity index is 2.81. The van der Waals surface area contributed by atoms with Gasteiger partial charge >= 0.3 is 0 Å². The molecule has 0 amide bonds. The number of benzene rings is 1. The Kier molecular flexibility index (Phi) is 2.26. The Morgan fingerprint density at radius 2 is 1.92 bits per heavy atom. The number of fused-ring (bicyclic) bond motifs is 1. The lowest BCUT2D eigenvalue weighted by Gasteiger charge is -2.00. The van der Waals surface area contributed by atoms with Crippen molar-refractivity contribution in [1.82, 2.24) is 4.98 Å². The lowest BCUT2D eigenvalue weighted by molar-refractivity contribution is 0.476. The summed E-state index contributed by atoms with van der Waals surface area (Å²) in [6, 6.07) is 7.05. The summed E-state index contributed by atoms with van der Waals surface area (Å²) in [4.78, 5) is 4.25. The zero-order chi connectivity index (χ0) is 9.42. The molecule has 0 unspecified atom stereocenters. The lowest BCUT2D eigenvalue weighted by Crippen LogP contribution is -1.81. The zero-order valence-corrected chi connectivity index (χ0v) is 9.63. The Bertz CT molecular complexity index is 470. The van der Waals surface area contributed by atoms with Crippen molar-refractivity contribution in [2.24, 2.45) is 0 Å². The molecule has 0 aliphatic carbocycles. The van der Waals surface area contributed by atoms with E-state index >= 15 is 0 Å². The van der Waals surface area contributed by atoms with Crippen LogP contribution in [0.1, 0.15) is 0 Å². The van der Waals surface area contributed by atoms with Crippen LogP contribution in [0.3, 0.4) is 0 Å². The molecule has 2 aromatic rings. The predicted molar refractivity (Wildman–Crippen MR) is 58.8 cm³/mol. The van der Waals surface area contributed by atoms with E-state index in [0.717, 1.165) is 20.0 Å². The molecule has 0 bridgehead atoms. The topological polar surface area (TPSA) is 33.1 Å². The molecule has 0 radical (unpaired) electrons. The molecule has 0 aliphatic rings. The largest absolute Gasteiger partial charge is 0.508 e. The van der Waals surface area contributed by atoms with Gasteiger partial charge in [-0.05, 0) is 50.1 Å². The van der Waals surface area contributed by atoms with E-state index in [-0.39, 0.29) is 5.75 Å². The van der Waals surface area contributed by atoms with Gasteiger partial charge in [0.1, 0.15) is 10.4 Å². The SMILES string of the molecule is Oc1ccc2cc(Br)c(Br)nc2c1. The molecule has 1 N–H and O–H groups in total. The smallest absolute Gasteiger partial charge is 0.120 e. The molecule has 0 fully saturated rings. The monoisotopic (exact) mass is 301 g/mol. The molecule has 2 rings (SSSR count). The first-order chi connectivity index (χ1) is 6.16. The Morgan fingerprint density at radius 3 is 2.69 bits per heavy atom. The van der Waals surface area contributed by atoms with Crippen LogP contribution in [0.2, 0.25) is 0 Å². The van der Waals surface area contributed by atoms with Gasteiger partial charge in [-0.25, -0.2) is 4.98 Å². The third-order valence-corrected chi connectivity index (χ3v) is 3.45. The second kappa shape index (κ2) is 3.27. The number of pyridine rings is 1. The molecule has 13 heavy (non-hydrogen) atoms. The summed E-state index contributed by atoms with van der Waals surface area (Å²) >= 11 is 6.66. The van der Waals surface area contributed by atoms with Gasteiger partial charge in [0, 0.05) is 11.5 Å². The van der Waals surface area contributed by atoms with E-state index < -0.39 is 0 Å². The second-order valence-corrected chi connectivity index (χ2v) is 4.24. The minimum atomic E-state index is 0.231. The van der Waals surface area contributed by atoms with Crippen molar-refractivity contribution < 1.29 is 5.11 Å². The molecule has 4 heteroatoms. The highest BCUT2D eigenvalue weighted by atomic mass is 79.9. The molecule has 0 atom stereocenters. The van der Waals surface area contributed by atoms with E-state index in [1.54, 1.807) is 12.1 Å². The number of halogens is 2. The van der Waals surface area contributed by atoms with Gasteiger partial charge in [-0.1, -0.05) is 0 Å². The predicted octanol–water partition coefficient (Wildman–Crippen LogP) is 3.47. The van der Waals surface area contributed by atoms with Crippen molar-refractivity contribution in [2.45, 2.75) is 0 Å². The van der Waals surface area contributed by atoms with E-state index in [2.05, 4.69) is 36.8 Å². The van der Waals surface area contributed by atoms with Gasteiger partial charge in [-0.3, -0.25) is 0 Å². The quantitative estimate of drug-likeness (QED) is 0.756. The van der Waals surface area contributed by atoms with Gasteiger partial charge in [0.25, 0.3) is 0 Å². The molecule has 1 heterocycles. The van der Waals surface area contributed by atoms with Gasteiger partial charge in [-0.15, -0.1) is 0 Å². The van der Waals surface area contributed by atoms with Gasteiger partial charge in [-0.2, -0.15) is 0 Å². The van der Waals surface area contributed by atoms with Crippen LogP contribution in [0.15, 0.2) is 33.3 Å². The van der Waals surface area contributed by atoms with Crippen LogP contribution < -0.4 is 0 Å². The molecular weight excluding hydrogens is 298 g/mol. The Labute approximate surface area is 91.9 Å². The van der Waals surface area contributed by atoms with Crippen molar-refractivity contribution in [3.05, 3.63) is 33.3 Å². The third-order valence-electron chi connectivity index (χ3n) is 1.71. The maximum absolute atomic E-state index is 9.22. The van der Waals surface area contributed by atoms with Crippen molar-refractivity contribution in [1.29, 1.82) is 0 Å². The highest BCUT2D eigenvalue weighted by Crippen LogP contribution is 2.27. The maximum Gasteiger partial charge on any atom is 0.120 e.